The molecule has 4 rings (SSSR count). The van der Waals surface area contributed by atoms with Crippen LogP contribution in [0.2, 0.25) is 0 Å². The molecule has 10 nitrogen and oxygen atoms in total. The van der Waals surface area contributed by atoms with E-state index in [4.69, 9.17) is 21.2 Å². The van der Waals surface area contributed by atoms with E-state index in [-0.39, 0.29) is 12.5 Å². The number of likely N-dealkylation sites (N-methyl/N-ethyl adjacent to an activating group) is 1. The van der Waals surface area contributed by atoms with Gasteiger partial charge in [0.05, 0.1) is 11.3 Å². The smallest absolute Gasteiger partial charge is 0.243 e. The van der Waals surface area contributed by atoms with Crippen LogP contribution in [0, 0.1) is 0 Å². The summed E-state index contributed by atoms with van der Waals surface area (Å²) in [5, 5.41) is 1.68. The fourth-order valence-corrected chi connectivity index (χ4v) is 3.77. The molecular formula is C28H32N8O2. The van der Waals surface area contributed by atoms with Crippen molar-refractivity contribution >= 4 is 29.1 Å². The fraction of sp³-hybridized carbons (Fsp3) is 0.214. The van der Waals surface area contributed by atoms with E-state index in [1.54, 1.807) is 25.2 Å². The van der Waals surface area contributed by atoms with Crippen LogP contribution in [0.25, 0.3) is 11.3 Å². The average Bonchev–Trinajstić information content (AvgIpc) is 2.89. The third-order valence-corrected chi connectivity index (χ3v) is 5.65. The Morgan fingerprint density at radius 3 is 2.53 bits per heavy atom. The Bertz CT molecular complexity index is 1370. The second kappa shape index (κ2) is 11.9. The summed E-state index contributed by atoms with van der Waals surface area (Å²) in [6, 6.07) is 18.8. The maximum Gasteiger partial charge on any atom is 0.243 e. The molecule has 5 N–H and O–H groups in total. The van der Waals surface area contributed by atoms with Gasteiger partial charge in [-0.3, -0.25) is 20.2 Å². The summed E-state index contributed by atoms with van der Waals surface area (Å²) in [4.78, 5) is 27.5. The highest BCUT2D eigenvalue weighted by Crippen LogP contribution is 2.32. The number of benzene rings is 2. The highest BCUT2D eigenvalue weighted by atomic mass is 16.5. The molecule has 1 aliphatic rings. The van der Waals surface area contributed by atoms with Crippen molar-refractivity contribution in [1.82, 2.24) is 20.3 Å². The number of hydrogen-bond donors (Lipinski definition) is 3. The Balaban J connectivity index is 1.66. The average molecular weight is 513 g/mol. The molecule has 0 atom stereocenters. The Morgan fingerprint density at radius 1 is 1.13 bits per heavy atom. The van der Waals surface area contributed by atoms with Gasteiger partial charge >= 0.3 is 0 Å². The SMILES string of the molecule is CCN=C(N)c1c(N)cc(N=C2CC=CN(CC(=O)N(C)C)N2)nc1-c1ccc(Oc2ccccc2)cc1. The lowest BCUT2D eigenvalue weighted by Crippen LogP contribution is -2.45. The van der Waals surface area contributed by atoms with Gasteiger partial charge < -0.3 is 21.1 Å². The number of aromatic nitrogens is 1. The molecule has 38 heavy (non-hydrogen) atoms. The number of para-hydroxylation sites is 1. The number of hydrogen-bond acceptors (Lipinski definition) is 7. The van der Waals surface area contributed by atoms with E-state index in [1.807, 2.05) is 73.8 Å². The molecule has 0 unspecified atom stereocenters. The van der Waals surface area contributed by atoms with Gasteiger partial charge in [-0.1, -0.05) is 24.3 Å². The van der Waals surface area contributed by atoms with Gasteiger partial charge in [-0.05, 0) is 43.3 Å². The van der Waals surface area contributed by atoms with E-state index >= 15 is 0 Å². The number of nitrogens with zero attached hydrogens (tertiary/aromatic N) is 5. The predicted molar refractivity (Wildman–Crippen MR) is 151 cm³/mol. The van der Waals surface area contributed by atoms with E-state index in [2.05, 4.69) is 15.4 Å². The summed E-state index contributed by atoms with van der Waals surface area (Å²) >= 11 is 0. The van der Waals surface area contributed by atoms with Crippen LogP contribution in [0.3, 0.4) is 0 Å². The first kappa shape index (κ1) is 26.2. The van der Waals surface area contributed by atoms with Crippen molar-refractivity contribution in [3.05, 3.63) is 78.5 Å². The Kier molecular flexibility index (Phi) is 8.22. The number of carbonyl (C=O) groups is 1. The zero-order valence-corrected chi connectivity index (χ0v) is 21.8. The second-order valence-electron chi connectivity index (χ2n) is 8.77. The lowest BCUT2D eigenvalue weighted by Gasteiger charge is -2.27. The molecule has 2 aromatic carbocycles. The number of hydrazine groups is 1. The van der Waals surface area contributed by atoms with E-state index in [0.29, 0.717) is 53.1 Å². The van der Waals surface area contributed by atoms with Crippen LogP contribution in [-0.4, -0.2) is 59.7 Å². The normalized spacial score (nSPS) is 14.3. The summed E-state index contributed by atoms with van der Waals surface area (Å²) in [7, 11) is 3.43. The number of carbonyl (C=O) groups excluding carboxylic acids is 1. The number of nitrogen functional groups attached to an aromatic ring is 1. The molecule has 1 amide bonds. The second-order valence-corrected chi connectivity index (χ2v) is 8.77. The molecule has 196 valence electrons. The number of aliphatic imine (C=N–C) groups is 2. The number of nitrogens with two attached hydrogens (primary N) is 2. The molecule has 0 saturated heterocycles. The standard InChI is InChI=1S/C28H32N8O2/c1-4-31-28(30)26-22(29)17-24(32-23-11-8-16-36(34-23)18-25(37)35(2)3)33-27(26)19-12-14-21(15-13-19)38-20-9-6-5-7-10-20/h5-10,12-17H,4,11,18H2,1-3H3,(H2,30,31)(H3,29,32,33,34). The van der Waals surface area contributed by atoms with Crippen LogP contribution in [0.1, 0.15) is 18.9 Å². The molecule has 3 aromatic rings. The van der Waals surface area contributed by atoms with Gasteiger partial charge in [-0.25, -0.2) is 9.98 Å². The number of pyridine rings is 1. The van der Waals surface area contributed by atoms with E-state index in [9.17, 15) is 4.79 Å². The van der Waals surface area contributed by atoms with Crippen LogP contribution >= 0.6 is 0 Å². The summed E-state index contributed by atoms with van der Waals surface area (Å²) in [6.45, 7) is 2.58. The van der Waals surface area contributed by atoms with Crippen molar-refractivity contribution < 1.29 is 9.53 Å². The van der Waals surface area contributed by atoms with Gasteiger partial charge in [0, 0.05) is 50.6 Å². The summed E-state index contributed by atoms with van der Waals surface area (Å²) in [5.74, 6) is 2.74. The number of ether oxygens (including phenoxy) is 1. The number of nitrogens with one attached hydrogen (secondary N) is 1. The number of amides is 1. The minimum atomic E-state index is -0.0391. The van der Waals surface area contributed by atoms with E-state index < -0.39 is 0 Å². The van der Waals surface area contributed by atoms with E-state index in [1.165, 1.54) is 4.90 Å². The number of rotatable bonds is 8. The molecule has 10 heteroatoms. The molecule has 0 spiro atoms. The van der Waals surface area contributed by atoms with Gasteiger partial charge in [0.2, 0.25) is 5.91 Å². The zero-order chi connectivity index (χ0) is 27.1. The van der Waals surface area contributed by atoms with Gasteiger partial charge in [0.15, 0.2) is 5.82 Å². The molecule has 1 aromatic heterocycles. The lowest BCUT2D eigenvalue weighted by atomic mass is 10.0. The third kappa shape index (κ3) is 6.47. The number of amidine groups is 2. The summed E-state index contributed by atoms with van der Waals surface area (Å²) in [6.07, 6.45) is 4.29. The van der Waals surface area contributed by atoms with Crippen molar-refractivity contribution in [3.63, 3.8) is 0 Å². The first-order valence-corrected chi connectivity index (χ1v) is 12.3. The van der Waals surface area contributed by atoms with Gasteiger partial charge in [-0.15, -0.1) is 0 Å². The van der Waals surface area contributed by atoms with Crippen molar-refractivity contribution in [2.24, 2.45) is 15.7 Å². The molecule has 0 bridgehead atoms. The highest BCUT2D eigenvalue weighted by Gasteiger charge is 2.18. The monoisotopic (exact) mass is 512 g/mol. The predicted octanol–water partition coefficient (Wildman–Crippen LogP) is 3.69. The van der Waals surface area contributed by atoms with Crippen molar-refractivity contribution in [2.75, 3.05) is 32.9 Å². The lowest BCUT2D eigenvalue weighted by molar-refractivity contribution is -0.129. The Labute approximate surface area is 222 Å². The van der Waals surface area contributed by atoms with Gasteiger partial charge in [-0.2, -0.15) is 0 Å². The summed E-state index contributed by atoms with van der Waals surface area (Å²) in [5.41, 5.74) is 18.3. The molecule has 0 radical (unpaired) electrons. The first-order valence-electron chi connectivity index (χ1n) is 12.3. The molecule has 0 aliphatic carbocycles. The highest BCUT2D eigenvalue weighted by molar-refractivity contribution is 6.07. The third-order valence-electron chi connectivity index (χ3n) is 5.65. The molecule has 0 saturated carbocycles. The molecule has 1 aliphatic heterocycles. The Hall–Kier alpha value is -4.86. The van der Waals surface area contributed by atoms with Crippen LogP contribution in [0.15, 0.2) is 82.9 Å². The summed E-state index contributed by atoms with van der Waals surface area (Å²) < 4.78 is 5.92. The fourth-order valence-electron chi connectivity index (χ4n) is 3.77. The molecular weight excluding hydrogens is 480 g/mol. The minimum absolute atomic E-state index is 0.0391. The Morgan fingerprint density at radius 2 is 1.84 bits per heavy atom. The quantitative estimate of drug-likeness (QED) is 0.309. The van der Waals surface area contributed by atoms with Crippen molar-refractivity contribution in [1.29, 1.82) is 0 Å². The van der Waals surface area contributed by atoms with Crippen LogP contribution in [0.4, 0.5) is 11.5 Å². The molecule has 0 fully saturated rings. The number of anilines is 1. The van der Waals surface area contributed by atoms with Crippen LogP contribution in [0.5, 0.6) is 11.5 Å². The van der Waals surface area contributed by atoms with Gasteiger partial charge in [0.25, 0.3) is 0 Å². The van der Waals surface area contributed by atoms with Crippen LogP contribution < -0.4 is 21.6 Å². The first-order chi connectivity index (χ1) is 18.3. The van der Waals surface area contributed by atoms with Crippen molar-refractivity contribution in [3.8, 4) is 22.8 Å². The van der Waals surface area contributed by atoms with Crippen LogP contribution in [-0.2, 0) is 4.79 Å². The van der Waals surface area contributed by atoms with E-state index in [0.717, 1.165) is 11.3 Å². The molecule has 2 heterocycles. The van der Waals surface area contributed by atoms with Crippen molar-refractivity contribution in [2.45, 2.75) is 13.3 Å². The minimum Gasteiger partial charge on any atom is -0.457 e. The van der Waals surface area contributed by atoms with Gasteiger partial charge in [0.1, 0.15) is 29.7 Å². The maximum atomic E-state index is 12.1. The maximum absolute atomic E-state index is 12.1. The zero-order valence-electron chi connectivity index (χ0n) is 21.8. The largest absolute Gasteiger partial charge is 0.457 e. The topological polar surface area (TPSA) is 134 Å².